The molecule has 7 nitrogen and oxygen atoms in total. The topological polar surface area (TPSA) is 87.0 Å². The molecule has 3 heterocycles. The molecule has 0 radical (unpaired) electrons. The molecule has 31 heavy (non-hydrogen) atoms. The first-order valence-corrected chi connectivity index (χ1v) is 11.4. The molecule has 2 aliphatic rings. The highest BCUT2D eigenvalue weighted by molar-refractivity contribution is 7.14. The van der Waals surface area contributed by atoms with Crippen molar-refractivity contribution in [2.75, 3.05) is 39.4 Å². The smallest absolute Gasteiger partial charge is 0.240 e. The predicted molar refractivity (Wildman–Crippen MR) is 115 cm³/mol. The third-order valence-electron chi connectivity index (χ3n) is 5.71. The van der Waals surface area contributed by atoms with Crippen molar-refractivity contribution in [1.29, 1.82) is 0 Å². The van der Waals surface area contributed by atoms with Gasteiger partial charge in [0.1, 0.15) is 13.1 Å². The van der Waals surface area contributed by atoms with Crippen LogP contribution in [0, 0.1) is 13.8 Å². The summed E-state index contributed by atoms with van der Waals surface area (Å²) >= 11 is 7.45. The second-order valence-corrected chi connectivity index (χ2v) is 9.43. The fraction of sp³-hybridized carbons (Fsp3) is 0.409. The van der Waals surface area contributed by atoms with E-state index in [2.05, 4.69) is 4.98 Å². The van der Waals surface area contributed by atoms with Crippen molar-refractivity contribution in [3.8, 4) is 0 Å². The largest absolute Gasteiger partial charge is 0.868 e. The number of aryl methyl sites for hydroxylation is 2. The molecule has 1 saturated heterocycles. The van der Waals surface area contributed by atoms with Crippen molar-refractivity contribution >= 4 is 34.6 Å². The molecule has 0 saturated carbocycles. The van der Waals surface area contributed by atoms with Crippen LogP contribution in [0.1, 0.15) is 32.0 Å². The second kappa shape index (κ2) is 9.08. The van der Waals surface area contributed by atoms with E-state index < -0.39 is 23.5 Å². The maximum atomic E-state index is 13.4. The number of quaternary nitrogens is 1. The number of carbonyl (C=O) groups excluding carboxylic acids is 2. The van der Waals surface area contributed by atoms with Gasteiger partial charge in [-0.3, -0.25) is 9.59 Å². The standard InChI is InChI=1S/C22H24ClN3O4S/c1-13-21(31-14(2)24-13)19(27)17-18(15-4-3-5-16(23)12-15)26(22(29)20(17)28)7-6-25-8-10-30-11-9-25/h3-5,12,18,28H,6-11H2,1-2H3. The molecule has 0 spiro atoms. The van der Waals surface area contributed by atoms with Crippen LogP contribution in [0.3, 0.4) is 0 Å². The monoisotopic (exact) mass is 461 g/mol. The lowest BCUT2D eigenvalue weighted by Gasteiger charge is -2.30. The average molecular weight is 462 g/mol. The molecule has 1 atom stereocenters. The number of hydrogen-bond donors (Lipinski definition) is 1. The number of nitrogens with zero attached hydrogens (tertiary/aromatic N) is 2. The minimum Gasteiger partial charge on any atom is -0.868 e. The molecule has 1 amide bonds. The van der Waals surface area contributed by atoms with E-state index in [1.807, 2.05) is 6.92 Å². The van der Waals surface area contributed by atoms with E-state index in [0.29, 0.717) is 47.5 Å². The Hall–Kier alpha value is -2.26. The first-order valence-electron chi connectivity index (χ1n) is 10.2. The van der Waals surface area contributed by atoms with Gasteiger partial charge in [-0.25, -0.2) is 4.98 Å². The minimum absolute atomic E-state index is 0.0176. The van der Waals surface area contributed by atoms with Gasteiger partial charge >= 0.3 is 0 Å². The van der Waals surface area contributed by atoms with Crippen molar-refractivity contribution in [2.24, 2.45) is 0 Å². The Bertz CT molecular complexity index is 1050. The van der Waals surface area contributed by atoms with Crippen LogP contribution >= 0.6 is 22.9 Å². The number of thiazole rings is 1. The lowest BCUT2D eigenvalue weighted by Crippen LogP contribution is -3.14. The van der Waals surface area contributed by atoms with Crippen LogP contribution in [-0.2, 0) is 9.53 Å². The summed E-state index contributed by atoms with van der Waals surface area (Å²) in [6, 6.07) is 6.25. The van der Waals surface area contributed by atoms with Crippen LogP contribution in [0.15, 0.2) is 35.6 Å². The molecule has 0 bridgehead atoms. The molecule has 164 valence electrons. The Morgan fingerprint density at radius 3 is 2.74 bits per heavy atom. The first-order chi connectivity index (χ1) is 14.9. The van der Waals surface area contributed by atoms with Gasteiger partial charge < -0.3 is 19.6 Å². The number of nitrogens with one attached hydrogen (secondary N) is 1. The number of carbonyl (C=O) groups is 2. The molecule has 2 aliphatic heterocycles. The van der Waals surface area contributed by atoms with Crippen molar-refractivity contribution in [2.45, 2.75) is 19.9 Å². The van der Waals surface area contributed by atoms with Gasteiger partial charge in [-0.15, -0.1) is 11.3 Å². The van der Waals surface area contributed by atoms with Gasteiger partial charge in [0.2, 0.25) is 11.7 Å². The van der Waals surface area contributed by atoms with Crippen LogP contribution < -0.4 is 10.0 Å². The van der Waals surface area contributed by atoms with Crippen LogP contribution in [0.25, 0.3) is 0 Å². The molecule has 2 aromatic rings. The number of benzene rings is 1. The third kappa shape index (κ3) is 4.39. The molecule has 1 aromatic carbocycles. The second-order valence-electron chi connectivity index (χ2n) is 7.79. The number of ketones is 1. The fourth-order valence-electron chi connectivity index (χ4n) is 4.18. The van der Waals surface area contributed by atoms with E-state index in [1.54, 1.807) is 31.2 Å². The number of aromatic nitrogens is 1. The number of rotatable bonds is 6. The Morgan fingerprint density at radius 2 is 2.10 bits per heavy atom. The summed E-state index contributed by atoms with van der Waals surface area (Å²) in [6.45, 7) is 7.67. The summed E-state index contributed by atoms with van der Waals surface area (Å²) < 4.78 is 5.40. The lowest BCUT2D eigenvalue weighted by atomic mass is 9.95. The SMILES string of the molecule is Cc1nc(C)c(C(=O)C2=C([O-])C(=O)N(CC[NH+]3CCOCC3)C2c2cccc(Cl)c2)s1. The van der Waals surface area contributed by atoms with E-state index in [-0.39, 0.29) is 5.57 Å². The summed E-state index contributed by atoms with van der Waals surface area (Å²) in [4.78, 5) is 34.0. The molecule has 9 heteroatoms. The third-order valence-corrected chi connectivity index (χ3v) is 7.02. The van der Waals surface area contributed by atoms with E-state index in [1.165, 1.54) is 21.1 Å². The van der Waals surface area contributed by atoms with E-state index in [9.17, 15) is 14.7 Å². The highest BCUT2D eigenvalue weighted by Gasteiger charge is 2.40. The van der Waals surface area contributed by atoms with Gasteiger partial charge in [-0.05, 0) is 37.3 Å². The molecule has 1 unspecified atom stereocenters. The molecule has 1 fully saturated rings. The number of morpholine rings is 1. The van der Waals surface area contributed by atoms with Gasteiger partial charge in [0, 0.05) is 10.6 Å². The van der Waals surface area contributed by atoms with Crippen molar-refractivity contribution in [1.82, 2.24) is 9.88 Å². The zero-order chi connectivity index (χ0) is 22.1. The van der Waals surface area contributed by atoms with E-state index in [4.69, 9.17) is 16.3 Å². The Balaban J connectivity index is 1.70. The maximum Gasteiger partial charge on any atom is 0.240 e. The van der Waals surface area contributed by atoms with Gasteiger partial charge in [0.15, 0.2) is 0 Å². The molecule has 4 rings (SSSR count). The van der Waals surface area contributed by atoms with Crippen molar-refractivity contribution in [3.05, 3.63) is 61.8 Å². The quantitative estimate of drug-likeness (QED) is 0.640. The first kappa shape index (κ1) is 22.0. The van der Waals surface area contributed by atoms with Crippen molar-refractivity contribution < 1.29 is 24.3 Å². The summed E-state index contributed by atoms with van der Waals surface area (Å²) in [5.74, 6) is -1.80. The minimum atomic E-state index is -0.756. The number of halogens is 1. The zero-order valence-corrected chi connectivity index (χ0v) is 19.0. The van der Waals surface area contributed by atoms with Crippen molar-refractivity contribution in [3.63, 3.8) is 0 Å². The van der Waals surface area contributed by atoms with Gasteiger partial charge in [0.25, 0.3) is 0 Å². The van der Waals surface area contributed by atoms with E-state index in [0.717, 1.165) is 18.1 Å². The molecule has 0 aliphatic carbocycles. The number of Topliss-reactive ketones (excluding diaryl/α,β-unsaturated/α-hetero) is 1. The van der Waals surface area contributed by atoms with Crippen LogP contribution in [0.2, 0.25) is 5.02 Å². The van der Waals surface area contributed by atoms with Gasteiger partial charge in [0.05, 0.1) is 47.9 Å². The molecular weight excluding hydrogens is 438 g/mol. The number of hydrogen-bond acceptors (Lipinski definition) is 6. The van der Waals surface area contributed by atoms with E-state index >= 15 is 0 Å². The van der Waals surface area contributed by atoms with Gasteiger partial charge in [-0.2, -0.15) is 0 Å². The molecule has 1 aromatic heterocycles. The van der Waals surface area contributed by atoms with Crippen LogP contribution in [-0.4, -0.2) is 61.0 Å². The summed E-state index contributed by atoms with van der Waals surface area (Å²) in [6.07, 6.45) is 0. The predicted octanol–water partition coefficient (Wildman–Crippen LogP) is 0.709. The average Bonchev–Trinajstić information content (AvgIpc) is 3.22. The normalized spacial score (nSPS) is 20.0. The Labute approximate surface area is 189 Å². The number of amides is 1. The highest BCUT2D eigenvalue weighted by Crippen LogP contribution is 2.39. The summed E-state index contributed by atoms with van der Waals surface area (Å²) in [5, 5.41) is 14.3. The maximum absolute atomic E-state index is 13.4. The summed E-state index contributed by atoms with van der Waals surface area (Å²) in [5.41, 5.74) is 1.21. The molecular formula is C22H24ClN3O4S. The Morgan fingerprint density at radius 1 is 1.35 bits per heavy atom. The summed E-state index contributed by atoms with van der Waals surface area (Å²) in [7, 11) is 0. The van der Waals surface area contributed by atoms with Crippen LogP contribution in [0.4, 0.5) is 0 Å². The number of ether oxygens (including phenoxy) is 1. The fourth-order valence-corrected chi connectivity index (χ4v) is 5.25. The molecule has 1 N–H and O–H groups in total. The zero-order valence-electron chi connectivity index (χ0n) is 17.4. The Kier molecular flexibility index (Phi) is 6.43. The van der Waals surface area contributed by atoms with Gasteiger partial charge in [-0.1, -0.05) is 23.7 Å². The van der Waals surface area contributed by atoms with Crippen LogP contribution in [0.5, 0.6) is 0 Å². The lowest BCUT2D eigenvalue weighted by molar-refractivity contribution is -0.907. The highest BCUT2D eigenvalue weighted by atomic mass is 35.5.